The lowest BCUT2D eigenvalue weighted by Gasteiger charge is -2.35. The van der Waals surface area contributed by atoms with Gasteiger partial charge >= 0.3 is 0 Å². The average Bonchev–Trinajstić information content (AvgIpc) is 2.73. The summed E-state index contributed by atoms with van der Waals surface area (Å²) in [7, 11) is 0. The molecule has 0 radical (unpaired) electrons. The van der Waals surface area contributed by atoms with Crippen LogP contribution < -0.4 is 10.6 Å². The lowest BCUT2D eigenvalue weighted by molar-refractivity contribution is -0.124. The number of piperazine rings is 1. The number of benzene rings is 2. The molecule has 0 atom stereocenters. The molecular formula is C23H27N5O2. The van der Waals surface area contributed by atoms with Gasteiger partial charge < -0.3 is 15.7 Å². The quantitative estimate of drug-likeness (QED) is 0.673. The van der Waals surface area contributed by atoms with E-state index in [9.17, 15) is 9.90 Å². The maximum atomic E-state index is 12.2. The van der Waals surface area contributed by atoms with Gasteiger partial charge in [-0.05, 0) is 49.2 Å². The molecule has 7 nitrogen and oxygen atoms in total. The number of nitrogens with zero attached hydrogens (tertiary/aromatic N) is 4. The summed E-state index contributed by atoms with van der Waals surface area (Å²) in [5.41, 5.74) is 8.84. The largest absolute Gasteiger partial charge is 0.508 e. The summed E-state index contributed by atoms with van der Waals surface area (Å²) >= 11 is 0. The number of ketones is 1. The maximum absolute atomic E-state index is 12.2. The van der Waals surface area contributed by atoms with Crippen molar-refractivity contribution in [1.29, 1.82) is 0 Å². The minimum absolute atomic E-state index is 0.0585. The molecule has 2 aromatic carbocycles. The highest BCUT2D eigenvalue weighted by Crippen LogP contribution is 2.26. The average molecular weight is 406 g/mol. The Kier molecular flexibility index (Phi) is 5.40. The summed E-state index contributed by atoms with van der Waals surface area (Å²) in [5, 5.41) is 9.51. The molecule has 3 N–H and O–H groups in total. The number of aromatic nitrogens is 2. The van der Waals surface area contributed by atoms with E-state index in [4.69, 9.17) is 10.7 Å². The Balaban J connectivity index is 1.48. The van der Waals surface area contributed by atoms with E-state index in [-0.39, 0.29) is 11.5 Å². The van der Waals surface area contributed by atoms with E-state index < -0.39 is 5.54 Å². The van der Waals surface area contributed by atoms with Gasteiger partial charge in [-0.3, -0.25) is 14.7 Å². The van der Waals surface area contributed by atoms with Crippen molar-refractivity contribution in [3.8, 4) is 16.9 Å². The van der Waals surface area contributed by atoms with E-state index in [2.05, 4.69) is 14.8 Å². The Morgan fingerprint density at radius 2 is 1.70 bits per heavy atom. The predicted molar refractivity (Wildman–Crippen MR) is 119 cm³/mol. The number of Topliss-reactive ketones (excluding diaryl/α,β-unsaturated/α-hetero) is 1. The molecule has 156 valence electrons. The monoisotopic (exact) mass is 405 g/mol. The number of carbonyl (C=O) groups excluding carboxylic acids is 1. The summed E-state index contributed by atoms with van der Waals surface area (Å²) < 4.78 is 0. The van der Waals surface area contributed by atoms with Crippen LogP contribution in [-0.2, 0) is 4.79 Å². The SMILES string of the molecule is CC(C)(N)C(=O)CN1CCN(c2cnc3ccc(-c4ccc(O)cc4)cc3n2)CC1. The summed E-state index contributed by atoms with van der Waals surface area (Å²) in [6.45, 7) is 7.04. The van der Waals surface area contributed by atoms with Crippen LogP contribution in [0.3, 0.4) is 0 Å². The highest BCUT2D eigenvalue weighted by Gasteiger charge is 2.26. The fraction of sp³-hybridized carbons (Fsp3) is 0.348. The molecule has 1 aliphatic rings. The van der Waals surface area contributed by atoms with E-state index in [0.717, 1.165) is 54.2 Å². The van der Waals surface area contributed by atoms with Crippen molar-refractivity contribution in [2.45, 2.75) is 19.4 Å². The highest BCUT2D eigenvalue weighted by atomic mass is 16.3. The lowest BCUT2D eigenvalue weighted by Crippen LogP contribution is -2.52. The number of phenols is 1. The number of phenolic OH excluding ortho intramolecular Hbond substituents is 1. The van der Waals surface area contributed by atoms with E-state index in [1.165, 1.54) is 0 Å². The number of hydrogen-bond donors (Lipinski definition) is 2. The minimum atomic E-state index is -0.795. The van der Waals surface area contributed by atoms with Crippen LogP contribution in [-0.4, -0.2) is 64.0 Å². The van der Waals surface area contributed by atoms with Gasteiger partial charge in [-0.15, -0.1) is 0 Å². The first-order chi connectivity index (χ1) is 14.3. The van der Waals surface area contributed by atoms with Crippen LogP contribution >= 0.6 is 0 Å². The summed E-state index contributed by atoms with van der Waals surface area (Å²) in [6.07, 6.45) is 1.81. The van der Waals surface area contributed by atoms with Gasteiger partial charge in [-0.2, -0.15) is 0 Å². The minimum Gasteiger partial charge on any atom is -0.508 e. The molecule has 0 spiro atoms. The van der Waals surface area contributed by atoms with Crippen molar-refractivity contribution < 1.29 is 9.90 Å². The molecule has 4 rings (SSSR count). The number of rotatable bonds is 5. The van der Waals surface area contributed by atoms with Crippen LogP contribution in [0.2, 0.25) is 0 Å². The van der Waals surface area contributed by atoms with E-state index in [1.54, 1.807) is 26.0 Å². The second-order valence-electron chi connectivity index (χ2n) is 8.39. The molecule has 2 heterocycles. The Morgan fingerprint density at radius 1 is 1.03 bits per heavy atom. The Labute approximate surface area is 176 Å². The molecule has 1 aromatic heterocycles. The van der Waals surface area contributed by atoms with Gasteiger partial charge in [0, 0.05) is 26.2 Å². The third kappa shape index (κ3) is 4.42. The number of anilines is 1. The van der Waals surface area contributed by atoms with Crippen molar-refractivity contribution in [3.63, 3.8) is 0 Å². The van der Waals surface area contributed by atoms with Crippen molar-refractivity contribution in [2.24, 2.45) is 5.73 Å². The number of fused-ring (bicyclic) bond motifs is 1. The standard InChI is InChI=1S/C23H27N5O2/c1-23(2,24)21(30)15-27-9-11-28(12-10-27)22-14-25-19-8-5-17(13-20(19)26-22)16-3-6-18(29)7-4-16/h3-8,13-14,29H,9-12,15,24H2,1-2H3. The van der Waals surface area contributed by atoms with Gasteiger partial charge in [0.05, 0.1) is 29.3 Å². The zero-order valence-corrected chi connectivity index (χ0v) is 17.4. The summed E-state index contributed by atoms with van der Waals surface area (Å²) in [6, 6.07) is 13.1. The number of hydrogen-bond acceptors (Lipinski definition) is 7. The van der Waals surface area contributed by atoms with Crippen molar-refractivity contribution in [1.82, 2.24) is 14.9 Å². The fourth-order valence-electron chi connectivity index (χ4n) is 3.53. The van der Waals surface area contributed by atoms with E-state index in [1.807, 2.05) is 36.5 Å². The van der Waals surface area contributed by atoms with Crippen LogP contribution in [0.15, 0.2) is 48.7 Å². The third-order valence-corrected chi connectivity index (χ3v) is 5.51. The van der Waals surface area contributed by atoms with Crippen LogP contribution in [0.5, 0.6) is 5.75 Å². The second kappa shape index (κ2) is 8.01. The fourth-order valence-corrected chi connectivity index (χ4v) is 3.53. The van der Waals surface area contributed by atoms with Crippen LogP contribution in [0, 0.1) is 0 Å². The molecule has 1 saturated heterocycles. The first-order valence-corrected chi connectivity index (χ1v) is 10.2. The van der Waals surface area contributed by atoms with Crippen LogP contribution in [0.4, 0.5) is 5.82 Å². The third-order valence-electron chi connectivity index (χ3n) is 5.51. The van der Waals surface area contributed by atoms with Gasteiger partial charge in [-0.25, -0.2) is 4.98 Å². The van der Waals surface area contributed by atoms with Crippen molar-refractivity contribution >= 4 is 22.6 Å². The molecule has 7 heteroatoms. The van der Waals surface area contributed by atoms with Crippen molar-refractivity contribution in [3.05, 3.63) is 48.7 Å². The first-order valence-electron chi connectivity index (χ1n) is 10.2. The zero-order chi connectivity index (χ0) is 21.3. The van der Waals surface area contributed by atoms with Crippen molar-refractivity contribution in [2.75, 3.05) is 37.6 Å². The number of nitrogens with two attached hydrogens (primary N) is 1. The van der Waals surface area contributed by atoms with Gasteiger partial charge in [0.15, 0.2) is 5.78 Å². The summed E-state index contributed by atoms with van der Waals surface area (Å²) in [5.74, 6) is 1.15. The first kappa shape index (κ1) is 20.3. The number of aromatic hydroxyl groups is 1. The van der Waals surface area contributed by atoms with Crippen LogP contribution in [0.25, 0.3) is 22.2 Å². The maximum Gasteiger partial charge on any atom is 0.165 e. The molecule has 0 saturated carbocycles. The lowest BCUT2D eigenvalue weighted by atomic mass is 10.0. The highest BCUT2D eigenvalue weighted by molar-refractivity contribution is 5.89. The van der Waals surface area contributed by atoms with Gasteiger partial charge in [0.25, 0.3) is 0 Å². The zero-order valence-electron chi connectivity index (χ0n) is 17.4. The molecule has 0 bridgehead atoms. The predicted octanol–water partition coefficient (Wildman–Crippen LogP) is 2.43. The van der Waals surface area contributed by atoms with E-state index in [0.29, 0.717) is 6.54 Å². The Bertz CT molecular complexity index is 1050. The second-order valence-corrected chi connectivity index (χ2v) is 8.39. The summed E-state index contributed by atoms with van der Waals surface area (Å²) in [4.78, 5) is 25.9. The van der Waals surface area contributed by atoms with Gasteiger partial charge in [-0.1, -0.05) is 18.2 Å². The topological polar surface area (TPSA) is 95.6 Å². The molecular weight excluding hydrogens is 378 g/mol. The Hall–Kier alpha value is -3.03. The normalized spacial score (nSPS) is 15.5. The molecule has 3 aromatic rings. The molecule has 30 heavy (non-hydrogen) atoms. The number of carbonyl (C=O) groups is 1. The Morgan fingerprint density at radius 3 is 2.37 bits per heavy atom. The van der Waals surface area contributed by atoms with E-state index >= 15 is 0 Å². The molecule has 0 aliphatic carbocycles. The van der Waals surface area contributed by atoms with Crippen LogP contribution in [0.1, 0.15) is 13.8 Å². The smallest absolute Gasteiger partial charge is 0.165 e. The van der Waals surface area contributed by atoms with Gasteiger partial charge in [0.1, 0.15) is 11.6 Å². The molecule has 0 unspecified atom stereocenters. The molecule has 0 amide bonds. The van der Waals surface area contributed by atoms with Gasteiger partial charge in [0.2, 0.25) is 0 Å². The molecule has 1 fully saturated rings. The molecule has 1 aliphatic heterocycles.